The molecule has 0 bridgehead atoms. The molecule has 126 valence electrons. The highest BCUT2D eigenvalue weighted by Crippen LogP contribution is 2.27. The van der Waals surface area contributed by atoms with Crippen LogP contribution in [-0.4, -0.2) is 30.5 Å². The molecule has 1 amide bonds. The van der Waals surface area contributed by atoms with Crippen LogP contribution < -0.4 is 10.6 Å². The number of carbonyl (C=O) groups is 1. The number of nitrogens with one attached hydrogen (secondary N) is 2. The van der Waals surface area contributed by atoms with Crippen molar-refractivity contribution < 1.29 is 4.79 Å². The number of carbonyl (C=O) groups excluding carboxylic acids is 1. The molecule has 0 radical (unpaired) electrons. The Morgan fingerprint density at radius 1 is 1.17 bits per heavy atom. The number of amides is 1. The molecule has 1 aliphatic carbocycles. The predicted octanol–water partition coefficient (Wildman–Crippen LogP) is 2.74. The van der Waals surface area contributed by atoms with Crippen LogP contribution in [0.1, 0.15) is 18.4 Å². The van der Waals surface area contributed by atoms with Gasteiger partial charge in [0, 0.05) is 18.1 Å². The average Bonchev–Trinajstić information content (AvgIpc) is 3.32. The van der Waals surface area contributed by atoms with Crippen LogP contribution in [-0.2, 0) is 11.2 Å². The molecule has 1 aromatic heterocycles. The van der Waals surface area contributed by atoms with Crippen LogP contribution in [0, 0.1) is 5.92 Å². The second kappa shape index (κ2) is 9.71. The van der Waals surface area contributed by atoms with Gasteiger partial charge < -0.3 is 10.6 Å². The van der Waals surface area contributed by atoms with E-state index in [0.29, 0.717) is 13.1 Å². The molecule has 1 heterocycles. The fourth-order valence-electron chi connectivity index (χ4n) is 2.48. The predicted molar refractivity (Wildman–Crippen MR) is 98.5 cm³/mol. The monoisotopic (exact) mass is 355 g/mol. The normalized spacial score (nSPS) is 13.0. The first-order valence-corrected chi connectivity index (χ1v) is 7.63. The lowest BCUT2D eigenvalue weighted by molar-refractivity contribution is -0.120. The number of fused-ring (bicyclic) bond motifs is 1. The molecule has 1 fully saturated rings. The molecule has 0 atom stereocenters. The third kappa shape index (κ3) is 5.98. The number of hydrogen-bond acceptors (Lipinski definition) is 3. The maximum Gasteiger partial charge on any atom is 0.233 e. The average molecular weight is 356 g/mol. The lowest BCUT2D eigenvalue weighted by Gasteiger charge is -2.08. The Kier molecular flexibility index (Phi) is 8.31. The molecule has 4 nitrogen and oxygen atoms in total. The summed E-state index contributed by atoms with van der Waals surface area (Å²) in [6, 6.07) is 10.2. The van der Waals surface area contributed by atoms with Crippen molar-refractivity contribution in [2.45, 2.75) is 19.3 Å². The highest BCUT2D eigenvalue weighted by Gasteiger charge is 2.20. The van der Waals surface area contributed by atoms with Gasteiger partial charge in [-0.05, 0) is 43.4 Å². The molecule has 23 heavy (non-hydrogen) atoms. The topological polar surface area (TPSA) is 54.0 Å². The Bertz CT molecular complexity index is 627. The zero-order chi connectivity index (χ0) is 14.5. The van der Waals surface area contributed by atoms with Crippen molar-refractivity contribution in [2.75, 3.05) is 19.6 Å². The summed E-state index contributed by atoms with van der Waals surface area (Å²) in [6.07, 6.45) is 5.24. The maximum atomic E-state index is 11.7. The van der Waals surface area contributed by atoms with Crippen molar-refractivity contribution in [1.82, 2.24) is 15.6 Å². The van der Waals surface area contributed by atoms with Crippen LogP contribution in [0.3, 0.4) is 0 Å². The van der Waals surface area contributed by atoms with Gasteiger partial charge in [-0.3, -0.25) is 9.78 Å². The van der Waals surface area contributed by atoms with Crippen LogP contribution >= 0.6 is 24.8 Å². The Labute approximate surface area is 149 Å². The van der Waals surface area contributed by atoms with Gasteiger partial charge in [-0.1, -0.05) is 24.3 Å². The van der Waals surface area contributed by atoms with Gasteiger partial charge in [-0.2, -0.15) is 0 Å². The van der Waals surface area contributed by atoms with E-state index in [1.807, 2.05) is 18.3 Å². The van der Waals surface area contributed by atoms with Crippen molar-refractivity contribution >= 4 is 41.6 Å². The van der Waals surface area contributed by atoms with E-state index < -0.39 is 0 Å². The maximum absolute atomic E-state index is 11.7. The minimum Gasteiger partial charge on any atom is -0.355 e. The van der Waals surface area contributed by atoms with Gasteiger partial charge >= 0.3 is 0 Å². The third-order valence-electron chi connectivity index (χ3n) is 3.85. The molecule has 2 aromatic rings. The molecule has 0 unspecified atom stereocenters. The summed E-state index contributed by atoms with van der Waals surface area (Å²) in [5, 5.41) is 7.31. The Balaban J connectivity index is 0.00000132. The first-order chi connectivity index (χ1) is 10.3. The van der Waals surface area contributed by atoms with Crippen LogP contribution in [0.15, 0.2) is 36.5 Å². The van der Waals surface area contributed by atoms with Crippen molar-refractivity contribution in [2.24, 2.45) is 5.92 Å². The fourth-order valence-corrected chi connectivity index (χ4v) is 2.48. The molecular weight excluding hydrogens is 333 g/mol. The molecule has 1 saturated carbocycles. The molecule has 0 spiro atoms. The van der Waals surface area contributed by atoms with Crippen molar-refractivity contribution in [3.05, 3.63) is 42.1 Å². The molecule has 1 aliphatic rings. The summed E-state index contributed by atoms with van der Waals surface area (Å²) >= 11 is 0. The molecule has 6 heteroatoms. The van der Waals surface area contributed by atoms with E-state index in [9.17, 15) is 4.79 Å². The summed E-state index contributed by atoms with van der Waals surface area (Å²) < 4.78 is 0. The highest BCUT2D eigenvalue weighted by molar-refractivity contribution is 5.85. The van der Waals surface area contributed by atoms with Gasteiger partial charge in [-0.15, -0.1) is 24.8 Å². The first-order valence-electron chi connectivity index (χ1n) is 7.63. The minimum atomic E-state index is 0. The van der Waals surface area contributed by atoms with E-state index in [1.54, 1.807) is 0 Å². The van der Waals surface area contributed by atoms with Crippen molar-refractivity contribution in [3.63, 3.8) is 0 Å². The molecule has 3 rings (SSSR count). The van der Waals surface area contributed by atoms with Crippen LogP contribution in [0.5, 0.6) is 0 Å². The van der Waals surface area contributed by atoms with E-state index in [1.165, 1.54) is 18.4 Å². The number of halogens is 2. The number of para-hydroxylation sites is 1. The summed E-state index contributed by atoms with van der Waals surface area (Å²) in [5.74, 6) is 0.878. The van der Waals surface area contributed by atoms with Crippen molar-refractivity contribution in [3.8, 4) is 0 Å². The van der Waals surface area contributed by atoms with Crippen LogP contribution in [0.4, 0.5) is 0 Å². The molecular formula is C17H23Cl2N3O. The lowest BCUT2D eigenvalue weighted by atomic mass is 10.1. The van der Waals surface area contributed by atoms with E-state index in [2.05, 4.69) is 33.8 Å². The van der Waals surface area contributed by atoms with Gasteiger partial charge in [0.15, 0.2) is 0 Å². The van der Waals surface area contributed by atoms with E-state index >= 15 is 0 Å². The molecule has 2 N–H and O–H groups in total. The minimum absolute atomic E-state index is 0. The van der Waals surface area contributed by atoms with Gasteiger partial charge in [0.2, 0.25) is 5.91 Å². The second-order valence-electron chi connectivity index (χ2n) is 5.67. The van der Waals surface area contributed by atoms with Gasteiger partial charge in [0.1, 0.15) is 0 Å². The highest BCUT2D eigenvalue weighted by atomic mass is 35.5. The number of aromatic nitrogens is 1. The fraction of sp³-hybridized carbons (Fsp3) is 0.412. The third-order valence-corrected chi connectivity index (χ3v) is 3.85. The number of hydrogen-bond donors (Lipinski definition) is 2. The number of nitrogens with zero attached hydrogens (tertiary/aromatic N) is 1. The van der Waals surface area contributed by atoms with E-state index in [4.69, 9.17) is 0 Å². The van der Waals surface area contributed by atoms with E-state index in [-0.39, 0.29) is 30.7 Å². The first kappa shape index (κ1) is 19.7. The summed E-state index contributed by atoms with van der Waals surface area (Å²) in [7, 11) is 0. The van der Waals surface area contributed by atoms with Gasteiger partial charge in [0.25, 0.3) is 0 Å². The standard InChI is InChI=1S/C17H21N3O.2ClH/c21-16(12-18-11-13-6-7-13)19-10-8-15-4-1-3-14-5-2-9-20-17(14)15;;/h1-5,9,13,18H,6-8,10-12H2,(H,19,21);2*1H. The lowest BCUT2D eigenvalue weighted by Crippen LogP contribution is -2.35. The summed E-state index contributed by atoms with van der Waals surface area (Å²) in [4.78, 5) is 16.1. The Morgan fingerprint density at radius 3 is 2.74 bits per heavy atom. The van der Waals surface area contributed by atoms with E-state index in [0.717, 1.165) is 29.8 Å². The van der Waals surface area contributed by atoms with Gasteiger partial charge in [-0.25, -0.2) is 0 Å². The number of pyridine rings is 1. The SMILES string of the molecule is Cl.Cl.O=C(CNCC1CC1)NCCc1cccc2cccnc12. The smallest absolute Gasteiger partial charge is 0.233 e. The molecule has 1 aromatic carbocycles. The van der Waals surface area contributed by atoms with Crippen molar-refractivity contribution in [1.29, 1.82) is 0 Å². The largest absolute Gasteiger partial charge is 0.355 e. The van der Waals surface area contributed by atoms with Crippen LogP contribution in [0.2, 0.25) is 0 Å². The quantitative estimate of drug-likeness (QED) is 0.802. The number of benzene rings is 1. The summed E-state index contributed by atoms with van der Waals surface area (Å²) in [5.41, 5.74) is 2.21. The Hall–Kier alpha value is -1.36. The molecule has 0 aliphatic heterocycles. The van der Waals surface area contributed by atoms with Gasteiger partial charge in [0.05, 0.1) is 12.1 Å². The second-order valence-corrected chi connectivity index (χ2v) is 5.67. The zero-order valence-corrected chi connectivity index (χ0v) is 14.6. The zero-order valence-electron chi connectivity index (χ0n) is 13.0. The molecule has 0 saturated heterocycles. The number of rotatable bonds is 7. The summed E-state index contributed by atoms with van der Waals surface area (Å²) in [6.45, 7) is 2.05. The van der Waals surface area contributed by atoms with Crippen LogP contribution in [0.25, 0.3) is 10.9 Å². The Morgan fingerprint density at radius 2 is 1.96 bits per heavy atom.